The van der Waals surface area contributed by atoms with Crippen LogP contribution in [0.3, 0.4) is 0 Å². The van der Waals surface area contributed by atoms with Gasteiger partial charge in [-0.3, -0.25) is 4.79 Å². The molecule has 0 fully saturated rings. The highest BCUT2D eigenvalue weighted by atomic mass is 35.5. The summed E-state index contributed by atoms with van der Waals surface area (Å²) in [6.45, 7) is 4.39. The molecule has 0 radical (unpaired) electrons. The predicted octanol–water partition coefficient (Wildman–Crippen LogP) is 1.56. The second-order valence-electron chi connectivity index (χ2n) is 6.09. The molecule has 1 atom stereocenters. The molecule has 0 aromatic heterocycles. The fourth-order valence-corrected chi connectivity index (χ4v) is 3.11. The van der Waals surface area contributed by atoms with Crippen molar-refractivity contribution >= 4 is 28.3 Å². The van der Waals surface area contributed by atoms with Crippen molar-refractivity contribution < 1.29 is 13.2 Å². The molecule has 1 aromatic carbocycles. The van der Waals surface area contributed by atoms with Gasteiger partial charge in [0, 0.05) is 26.7 Å². The van der Waals surface area contributed by atoms with Crippen molar-refractivity contribution in [3.8, 4) is 0 Å². The third-order valence-electron chi connectivity index (χ3n) is 3.89. The number of rotatable bonds is 8. The van der Waals surface area contributed by atoms with Gasteiger partial charge in [-0.05, 0) is 24.5 Å². The lowest BCUT2D eigenvalue weighted by Gasteiger charge is -2.24. The molecule has 0 bridgehead atoms. The number of nitrogens with zero attached hydrogens (tertiary/aromatic N) is 2. The predicted molar refractivity (Wildman–Crippen MR) is 98.6 cm³/mol. The molecule has 24 heavy (non-hydrogen) atoms. The second kappa shape index (κ2) is 9.98. The van der Waals surface area contributed by atoms with Crippen molar-refractivity contribution in [3.63, 3.8) is 0 Å². The van der Waals surface area contributed by atoms with Gasteiger partial charge in [0.2, 0.25) is 15.9 Å². The summed E-state index contributed by atoms with van der Waals surface area (Å²) in [5.41, 5.74) is 5.97. The van der Waals surface area contributed by atoms with E-state index in [1.54, 1.807) is 25.2 Å². The molecule has 1 rings (SSSR count). The van der Waals surface area contributed by atoms with Crippen molar-refractivity contribution in [2.75, 3.05) is 27.2 Å². The van der Waals surface area contributed by atoms with Crippen molar-refractivity contribution in [1.29, 1.82) is 0 Å². The topological polar surface area (TPSA) is 83.7 Å². The van der Waals surface area contributed by atoms with Crippen LogP contribution in [-0.2, 0) is 14.8 Å². The third-order valence-corrected chi connectivity index (χ3v) is 5.71. The van der Waals surface area contributed by atoms with Gasteiger partial charge in [0.1, 0.15) is 0 Å². The number of nitrogens with two attached hydrogens (primary N) is 1. The zero-order valence-electron chi connectivity index (χ0n) is 14.7. The molecule has 6 nitrogen and oxygen atoms in total. The first-order chi connectivity index (χ1) is 10.7. The number of halogens is 1. The molecule has 1 unspecified atom stereocenters. The number of hydrogen-bond acceptors (Lipinski definition) is 4. The summed E-state index contributed by atoms with van der Waals surface area (Å²) in [5, 5.41) is 0. The maximum Gasteiger partial charge on any atom is 0.243 e. The smallest absolute Gasteiger partial charge is 0.243 e. The average molecular weight is 378 g/mol. The lowest BCUT2D eigenvalue weighted by molar-refractivity contribution is -0.130. The molecular formula is C16H28ClN3O3S. The van der Waals surface area contributed by atoms with Crippen LogP contribution in [0.1, 0.15) is 20.3 Å². The minimum Gasteiger partial charge on any atom is -0.345 e. The van der Waals surface area contributed by atoms with E-state index in [-0.39, 0.29) is 35.8 Å². The van der Waals surface area contributed by atoms with Crippen molar-refractivity contribution in [1.82, 2.24) is 9.21 Å². The van der Waals surface area contributed by atoms with Gasteiger partial charge in [0.15, 0.2) is 0 Å². The summed E-state index contributed by atoms with van der Waals surface area (Å²) in [4.78, 5) is 13.9. The first kappa shape index (κ1) is 22.9. The van der Waals surface area contributed by atoms with Gasteiger partial charge in [0.05, 0.1) is 11.4 Å². The molecule has 0 aliphatic carbocycles. The Morgan fingerprint density at radius 3 is 2.21 bits per heavy atom. The lowest BCUT2D eigenvalue weighted by Crippen LogP contribution is -2.41. The van der Waals surface area contributed by atoms with E-state index in [1.165, 1.54) is 24.1 Å². The van der Waals surface area contributed by atoms with Crippen LogP contribution in [0.4, 0.5) is 0 Å². The molecule has 0 saturated carbocycles. The molecule has 1 aromatic rings. The highest BCUT2D eigenvalue weighted by molar-refractivity contribution is 7.89. The van der Waals surface area contributed by atoms with Gasteiger partial charge < -0.3 is 10.6 Å². The minimum absolute atomic E-state index is 0. The first-order valence-electron chi connectivity index (χ1n) is 7.67. The summed E-state index contributed by atoms with van der Waals surface area (Å²) in [6.07, 6.45) is 0.690. The lowest BCUT2D eigenvalue weighted by atomic mass is 10.0. The fourth-order valence-electron chi connectivity index (χ4n) is 1.97. The van der Waals surface area contributed by atoms with Gasteiger partial charge in [-0.1, -0.05) is 32.0 Å². The zero-order valence-corrected chi connectivity index (χ0v) is 16.3. The van der Waals surface area contributed by atoms with E-state index >= 15 is 0 Å². The van der Waals surface area contributed by atoms with E-state index in [4.69, 9.17) is 5.73 Å². The molecule has 138 valence electrons. The standard InChI is InChI=1S/C16H27N3O3S.ClH/c1-13(2)15(17)10-11-18(3)16(20)12-19(4)23(21,22)14-8-6-5-7-9-14;/h5-9,13,15H,10-12,17H2,1-4H3;1H. The number of likely N-dealkylation sites (N-methyl/N-ethyl adjacent to an activating group) is 2. The SMILES string of the molecule is CC(C)C(N)CCN(C)C(=O)CN(C)S(=O)(=O)c1ccccc1.Cl. The Labute approximate surface area is 151 Å². The number of carbonyl (C=O) groups excluding carboxylic acids is 1. The number of hydrogen-bond donors (Lipinski definition) is 1. The van der Waals surface area contributed by atoms with Gasteiger partial charge >= 0.3 is 0 Å². The van der Waals surface area contributed by atoms with E-state index in [0.29, 0.717) is 18.9 Å². The Morgan fingerprint density at radius 2 is 1.71 bits per heavy atom. The summed E-state index contributed by atoms with van der Waals surface area (Å²) in [6, 6.07) is 8.11. The Hall–Kier alpha value is -1.15. The highest BCUT2D eigenvalue weighted by Crippen LogP contribution is 2.13. The van der Waals surface area contributed by atoms with Crippen molar-refractivity contribution in [3.05, 3.63) is 30.3 Å². The number of benzene rings is 1. The second-order valence-corrected chi connectivity index (χ2v) is 8.13. The Balaban J connectivity index is 0.00000529. The number of sulfonamides is 1. The van der Waals surface area contributed by atoms with Crippen LogP contribution in [0.5, 0.6) is 0 Å². The minimum atomic E-state index is -3.65. The Morgan fingerprint density at radius 1 is 1.17 bits per heavy atom. The van der Waals surface area contributed by atoms with E-state index in [0.717, 1.165) is 4.31 Å². The largest absolute Gasteiger partial charge is 0.345 e. The monoisotopic (exact) mass is 377 g/mol. The molecule has 1 amide bonds. The summed E-state index contributed by atoms with van der Waals surface area (Å²) < 4.78 is 25.8. The molecule has 2 N–H and O–H groups in total. The average Bonchev–Trinajstić information content (AvgIpc) is 2.52. The van der Waals surface area contributed by atoms with Crippen LogP contribution in [0.15, 0.2) is 35.2 Å². The van der Waals surface area contributed by atoms with Gasteiger partial charge in [-0.15, -0.1) is 12.4 Å². The van der Waals surface area contributed by atoms with E-state index < -0.39 is 10.0 Å². The molecule has 0 heterocycles. The van der Waals surface area contributed by atoms with Gasteiger partial charge in [-0.2, -0.15) is 4.31 Å². The van der Waals surface area contributed by atoms with Crippen LogP contribution in [0.2, 0.25) is 0 Å². The fraction of sp³-hybridized carbons (Fsp3) is 0.562. The van der Waals surface area contributed by atoms with E-state index in [9.17, 15) is 13.2 Å². The molecule has 0 spiro atoms. The summed E-state index contributed by atoms with van der Waals surface area (Å²) in [5.74, 6) is 0.0996. The van der Waals surface area contributed by atoms with E-state index in [2.05, 4.69) is 0 Å². The van der Waals surface area contributed by atoms with Crippen LogP contribution in [0.25, 0.3) is 0 Å². The van der Waals surface area contributed by atoms with Crippen molar-refractivity contribution in [2.45, 2.75) is 31.2 Å². The molecule has 0 aliphatic rings. The molecule has 0 saturated heterocycles. The first-order valence-corrected chi connectivity index (χ1v) is 9.11. The van der Waals surface area contributed by atoms with Gasteiger partial charge in [-0.25, -0.2) is 8.42 Å². The maximum absolute atomic E-state index is 12.4. The Bertz CT molecular complexity index is 608. The van der Waals surface area contributed by atoms with Crippen molar-refractivity contribution in [2.24, 2.45) is 11.7 Å². The van der Waals surface area contributed by atoms with E-state index in [1.807, 2.05) is 13.8 Å². The van der Waals surface area contributed by atoms with Crippen LogP contribution < -0.4 is 5.73 Å². The number of carbonyl (C=O) groups is 1. The number of amides is 1. The van der Waals surface area contributed by atoms with Crippen LogP contribution in [-0.4, -0.2) is 56.8 Å². The summed E-state index contributed by atoms with van der Waals surface area (Å²) in [7, 11) is -0.575. The Kier molecular flexibility index (Phi) is 9.50. The van der Waals surface area contributed by atoms with Crippen LogP contribution >= 0.6 is 12.4 Å². The summed E-state index contributed by atoms with van der Waals surface area (Å²) >= 11 is 0. The van der Waals surface area contributed by atoms with Gasteiger partial charge in [0.25, 0.3) is 0 Å². The zero-order chi connectivity index (χ0) is 17.6. The maximum atomic E-state index is 12.4. The normalized spacial score (nSPS) is 12.8. The quantitative estimate of drug-likeness (QED) is 0.745. The van der Waals surface area contributed by atoms with Crippen LogP contribution in [0, 0.1) is 5.92 Å². The molecular weight excluding hydrogens is 350 g/mol. The molecule has 0 aliphatic heterocycles. The third kappa shape index (κ3) is 6.39. The highest BCUT2D eigenvalue weighted by Gasteiger charge is 2.24. The molecule has 8 heteroatoms.